The van der Waals surface area contributed by atoms with Crippen molar-refractivity contribution >= 4 is 46.7 Å². The van der Waals surface area contributed by atoms with E-state index < -0.39 is 4.92 Å². The average molecular weight is 526 g/mol. The van der Waals surface area contributed by atoms with Gasteiger partial charge in [0.25, 0.3) is 11.6 Å². The number of carbonyl (C=O) groups excluding carboxylic acids is 1. The van der Waals surface area contributed by atoms with Crippen molar-refractivity contribution in [1.29, 1.82) is 0 Å². The molecule has 2 N–H and O–H groups in total. The summed E-state index contributed by atoms with van der Waals surface area (Å²) in [5.74, 6) is 0.504. The maximum absolute atomic E-state index is 12.5. The zero-order chi connectivity index (χ0) is 25.7. The SMILES string of the molecule is CCc1ccc(N[C@@H]2NC(=O)/C(=C/c3cc(Cl)c(OCc4cccc([N+](=O)[O-])c4)c(OC)c3)S2)cc1. The largest absolute Gasteiger partial charge is 0.493 e. The normalized spacial score (nSPS) is 16.0. The number of non-ortho nitro benzene ring substituents is 1. The molecule has 0 radical (unpaired) electrons. The summed E-state index contributed by atoms with van der Waals surface area (Å²) in [6, 6.07) is 17.7. The second kappa shape index (κ2) is 11.4. The molecule has 1 atom stereocenters. The van der Waals surface area contributed by atoms with Crippen LogP contribution < -0.4 is 20.1 Å². The van der Waals surface area contributed by atoms with Crippen LogP contribution in [0.1, 0.15) is 23.6 Å². The fraction of sp³-hybridized carbons (Fsp3) is 0.192. The van der Waals surface area contributed by atoms with Crippen LogP contribution in [-0.2, 0) is 17.8 Å². The Morgan fingerprint density at radius 2 is 1.94 bits per heavy atom. The summed E-state index contributed by atoms with van der Waals surface area (Å²) in [5.41, 5.74) is 3.13. The van der Waals surface area contributed by atoms with Crippen molar-refractivity contribution in [3.8, 4) is 11.5 Å². The lowest BCUT2D eigenvalue weighted by Crippen LogP contribution is -2.30. The molecule has 0 bridgehead atoms. The van der Waals surface area contributed by atoms with Gasteiger partial charge in [0.2, 0.25) is 0 Å². The Kier molecular flexibility index (Phi) is 8.02. The first-order chi connectivity index (χ1) is 17.4. The highest BCUT2D eigenvalue weighted by Crippen LogP contribution is 2.39. The lowest BCUT2D eigenvalue weighted by molar-refractivity contribution is -0.384. The standard InChI is InChI=1S/C26H24ClN3O5S/c1-3-16-7-9-19(10-8-16)28-26-29-25(31)23(36-26)14-18-12-21(27)24(22(13-18)34-2)35-15-17-5-4-6-20(11-17)30(32)33/h4-14,26,28H,3,15H2,1-2H3,(H,29,31)/b23-14-/t26-/m1/s1. The molecule has 8 nitrogen and oxygen atoms in total. The number of hydrogen-bond donors (Lipinski definition) is 2. The summed E-state index contributed by atoms with van der Waals surface area (Å²) in [6.07, 6.45) is 2.70. The Balaban J connectivity index is 1.47. The fourth-order valence-electron chi connectivity index (χ4n) is 3.58. The van der Waals surface area contributed by atoms with Crippen molar-refractivity contribution in [2.24, 2.45) is 0 Å². The predicted molar refractivity (Wildman–Crippen MR) is 142 cm³/mol. The van der Waals surface area contributed by atoms with Gasteiger partial charge in [-0.2, -0.15) is 0 Å². The molecule has 1 fully saturated rings. The minimum Gasteiger partial charge on any atom is -0.493 e. The van der Waals surface area contributed by atoms with Crippen LogP contribution >= 0.6 is 23.4 Å². The molecule has 1 amide bonds. The van der Waals surface area contributed by atoms with Gasteiger partial charge in [0.15, 0.2) is 17.0 Å². The van der Waals surface area contributed by atoms with E-state index in [-0.39, 0.29) is 23.7 Å². The van der Waals surface area contributed by atoms with E-state index in [0.717, 1.165) is 12.1 Å². The molecule has 0 unspecified atom stereocenters. The molecular formula is C26H24ClN3O5S. The third kappa shape index (κ3) is 6.10. The van der Waals surface area contributed by atoms with Crippen LogP contribution in [0, 0.1) is 10.1 Å². The van der Waals surface area contributed by atoms with Gasteiger partial charge >= 0.3 is 0 Å². The van der Waals surface area contributed by atoms with Crippen molar-refractivity contribution < 1.29 is 19.2 Å². The van der Waals surface area contributed by atoms with E-state index in [1.165, 1.54) is 36.6 Å². The number of carbonyl (C=O) groups is 1. The number of benzene rings is 3. The van der Waals surface area contributed by atoms with Crippen LogP contribution in [0.15, 0.2) is 65.6 Å². The topological polar surface area (TPSA) is 103 Å². The van der Waals surface area contributed by atoms with E-state index in [2.05, 4.69) is 29.7 Å². The molecular weight excluding hydrogens is 502 g/mol. The van der Waals surface area contributed by atoms with Gasteiger partial charge in [0.05, 0.1) is 22.0 Å². The molecule has 0 aliphatic carbocycles. The van der Waals surface area contributed by atoms with Gasteiger partial charge in [0.1, 0.15) is 6.61 Å². The van der Waals surface area contributed by atoms with E-state index in [1.54, 1.807) is 30.3 Å². The van der Waals surface area contributed by atoms with Gasteiger partial charge in [-0.3, -0.25) is 14.9 Å². The van der Waals surface area contributed by atoms with Crippen LogP contribution in [0.4, 0.5) is 11.4 Å². The maximum Gasteiger partial charge on any atom is 0.269 e. The number of nitro groups is 1. The van der Waals surface area contributed by atoms with Crippen LogP contribution in [0.2, 0.25) is 5.02 Å². The Morgan fingerprint density at radius 3 is 2.64 bits per heavy atom. The lowest BCUT2D eigenvalue weighted by Gasteiger charge is -2.14. The summed E-state index contributed by atoms with van der Waals surface area (Å²) >= 11 is 7.85. The molecule has 3 aromatic rings. The summed E-state index contributed by atoms with van der Waals surface area (Å²) in [6.45, 7) is 2.17. The lowest BCUT2D eigenvalue weighted by atomic mass is 10.1. The molecule has 1 aliphatic heterocycles. The highest BCUT2D eigenvalue weighted by molar-refractivity contribution is 8.05. The smallest absolute Gasteiger partial charge is 0.269 e. The van der Waals surface area contributed by atoms with E-state index >= 15 is 0 Å². The second-order valence-corrected chi connectivity index (χ2v) is 9.48. The minimum absolute atomic E-state index is 0.0192. The van der Waals surface area contributed by atoms with Crippen molar-refractivity contribution in [2.75, 3.05) is 12.4 Å². The number of amides is 1. The third-order valence-corrected chi connectivity index (χ3v) is 6.75. The highest BCUT2D eigenvalue weighted by atomic mass is 35.5. The van der Waals surface area contributed by atoms with E-state index in [0.29, 0.717) is 32.6 Å². The third-order valence-electron chi connectivity index (χ3n) is 5.44. The number of rotatable bonds is 9. The molecule has 3 aromatic carbocycles. The molecule has 0 spiro atoms. The predicted octanol–water partition coefficient (Wildman–Crippen LogP) is 6.00. The monoisotopic (exact) mass is 525 g/mol. The average Bonchev–Trinajstić information content (AvgIpc) is 3.21. The van der Waals surface area contributed by atoms with E-state index in [1.807, 2.05) is 12.1 Å². The number of nitrogens with one attached hydrogen (secondary N) is 2. The summed E-state index contributed by atoms with van der Waals surface area (Å²) in [4.78, 5) is 23.6. The zero-order valence-corrected chi connectivity index (χ0v) is 21.2. The number of nitro benzene ring substituents is 1. The number of nitrogens with zero attached hydrogens (tertiary/aromatic N) is 1. The van der Waals surface area contributed by atoms with E-state index in [9.17, 15) is 14.9 Å². The van der Waals surface area contributed by atoms with Crippen molar-refractivity contribution in [1.82, 2.24) is 5.32 Å². The van der Waals surface area contributed by atoms with Gasteiger partial charge < -0.3 is 20.1 Å². The second-order valence-electron chi connectivity index (χ2n) is 7.92. The van der Waals surface area contributed by atoms with Crippen LogP contribution in [0.5, 0.6) is 11.5 Å². The number of thioether (sulfide) groups is 1. The number of hydrogen-bond acceptors (Lipinski definition) is 7. The molecule has 4 rings (SSSR count). The van der Waals surface area contributed by atoms with Gasteiger partial charge in [-0.05, 0) is 53.5 Å². The zero-order valence-electron chi connectivity index (χ0n) is 19.6. The molecule has 36 heavy (non-hydrogen) atoms. The molecule has 0 saturated carbocycles. The van der Waals surface area contributed by atoms with Crippen molar-refractivity contribution in [2.45, 2.75) is 25.4 Å². The van der Waals surface area contributed by atoms with Crippen LogP contribution in [-0.4, -0.2) is 23.4 Å². The molecule has 0 aromatic heterocycles. The van der Waals surface area contributed by atoms with Gasteiger partial charge in [-0.25, -0.2) is 0 Å². The maximum atomic E-state index is 12.5. The quantitative estimate of drug-likeness (QED) is 0.201. The molecule has 1 saturated heterocycles. The number of anilines is 1. The van der Waals surface area contributed by atoms with Crippen LogP contribution in [0.25, 0.3) is 6.08 Å². The van der Waals surface area contributed by atoms with Gasteiger partial charge in [0, 0.05) is 17.8 Å². The fourth-order valence-corrected chi connectivity index (χ4v) is 4.84. The molecule has 1 heterocycles. The Hall–Kier alpha value is -3.69. The number of halogens is 1. The Bertz CT molecular complexity index is 1310. The number of methoxy groups -OCH3 is 1. The minimum atomic E-state index is -0.460. The molecule has 10 heteroatoms. The van der Waals surface area contributed by atoms with Crippen LogP contribution in [0.3, 0.4) is 0 Å². The molecule has 186 valence electrons. The summed E-state index contributed by atoms with van der Waals surface area (Å²) in [5, 5.41) is 17.5. The Morgan fingerprint density at radius 1 is 1.17 bits per heavy atom. The first kappa shape index (κ1) is 25.4. The Labute approximate surface area is 217 Å². The number of ether oxygens (including phenoxy) is 2. The van der Waals surface area contributed by atoms with Crippen molar-refractivity contribution in [3.63, 3.8) is 0 Å². The van der Waals surface area contributed by atoms with Gasteiger partial charge in [-0.15, -0.1) is 0 Å². The summed E-state index contributed by atoms with van der Waals surface area (Å²) < 4.78 is 11.3. The first-order valence-corrected chi connectivity index (χ1v) is 12.4. The van der Waals surface area contributed by atoms with Gasteiger partial charge in [-0.1, -0.05) is 54.6 Å². The van der Waals surface area contributed by atoms with E-state index in [4.69, 9.17) is 21.1 Å². The highest BCUT2D eigenvalue weighted by Gasteiger charge is 2.27. The molecule has 1 aliphatic rings. The summed E-state index contributed by atoms with van der Waals surface area (Å²) in [7, 11) is 1.49. The first-order valence-electron chi connectivity index (χ1n) is 11.1. The number of aryl methyl sites for hydroxylation is 1. The van der Waals surface area contributed by atoms with Crippen molar-refractivity contribution in [3.05, 3.63) is 97.4 Å².